The molecule has 0 saturated heterocycles. The van der Waals surface area contributed by atoms with Crippen molar-refractivity contribution < 1.29 is 9.90 Å². The topological polar surface area (TPSA) is 73.1 Å². The lowest BCUT2D eigenvalue weighted by molar-refractivity contribution is -0.147. The van der Waals surface area contributed by atoms with Crippen LogP contribution in [0, 0.1) is 16.7 Å². The van der Waals surface area contributed by atoms with Crippen molar-refractivity contribution in [3.05, 3.63) is 29.8 Å². The van der Waals surface area contributed by atoms with Crippen molar-refractivity contribution >= 4 is 11.7 Å². The maximum atomic E-state index is 11.1. The molecule has 0 aliphatic carbocycles. The first-order chi connectivity index (χ1) is 8.03. The first-order valence-corrected chi connectivity index (χ1v) is 5.50. The first-order valence-electron chi connectivity index (χ1n) is 5.50. The summed E-state index contributed by atoms with van der Waals surface area (Å²) in [5.41, 5.74) is 0.384. The second-order valence-corrected chi connectivity index (χ2v) is 4.23. The van der Waals surface area contributed by atoms with Gasteiger partial charge in [0.2, 0.25) is 0 Å². The standard InChI is InChI=1S/C13H16N2O2/c1-3-13(2,12(16)17)9-15-11-7-5-4-6-10(11)8-14/h4-7,15H,3,9H2,1-2H3,(H,16,17). The number of anilines is 1. The average Bonchev–Trinajstić information content (AvgIpc) is 2.36. The van der Waals surface area contributed by atoms with E-state index in [1.54, 1.807) is 25.1 Å². The van der Waals surface area contributed by atoms with Crippen molar-refractivity contribution in [2.24, 2.45) is 5.41 Å². The van der Waals surface area contributed by atoms with Gasteiger partial charge in [0, 0.05) is 6.54 Å². The number of benzene rings is 1. The van der Waals surface area contributed by atoms with E-state index in [4.69, 9.17) is 10.4 Å². The largest absolute Gasteiger partial charge is 0.481 e. The number of para-hydroxylation sites is 1. The molecule has 1 aromatic carbocycles. The predicted molar refractivity (Wildman–Crippen MR) is 65.7 cm³/mol. The minimum atomic E-state index is -0.832. The highest BCUT2D eigenvalue weighted by Gasteiger charge is 2.30. The zero-order valence-electron chi connectivity index (χ0n) is 10.0. The summed E-state index contributed by atoms with van der Waals surface area (Å²) in [6.07, 6.45) is 0.532. The number of carbonyl (C=O) groups is 1. The van der Waals surface area contributed by atoms with E-state index in [2.05, 4.69) is 11.4 Å². The van der Waals surface area contributed by atoms with Gasteiger partial charge in [-0.15, -0.1) is 0 Å². The molecule has 1 rings (SSSR count). The normalized spacial score (nSPS) is 13.5. The molecule has 0 aliphatic rings. The molecule has 0 radical (unpaired) electrons. The van der Waals surface area contributed by atoms with Gasteiger partial charge in [0.25, 0.3) is 0 Å². The number of aliphatic carboxylic acids is 1. The number of nitrogens with zero attached hydrogens (tertiary/aromatic N) is 1. The smallest absolute Gasteiger partial charge is 0.311 e. The van der Waals surface area contributed by atoms with E-state index in [1.165, 1.54) is 0 Å². The van der Waals surface area contributed by atoms with Crippen molar-refractivity contribution in [1.82, 2.24) is 0 Å². The molecular weight excluding hydrogens is 216 g/mol. The molecule has 1 atom stereocenters. The quantitative estimate of drug-likeness (QED) is 0.817. The Bertz CT molecular complexity index is 451. The van der Waals surface area contributed by atoms with Crippen LogP contribution in [-0.2, 0) is 4.79 Å². The first kappa shape index (κ1) is 13.0. The summed E-state index contributed by atoms with van der Waals surface area (Å²) in [4.78, 5) is 11.1. The van der Waals surface area contributed by atoms with Crippen LogP contribution in [-0.4, -0.2) is 17.6 Å². The minimum Gasteiger partial charge on any atom is -0.481 e. The molecule has 0 bridgehead atoms. The monoisotopic (exact) mass is 232 g/mol. The van der Waals surface area contributed by atoms with Gasteiger partial charge < -0.3 is 10.4 Å². The Labute approximate surface area is 101 Å². The number of carboxylic acid groups (broad SMARTS) is 1. The van der Waals surface area contributed by atoms with Gasteiger partial charge in [-0.25, -0.2) is 0 Å². The lowest BCUT2D eigenvalue weighted by Crippen LogP contribution is -2.34. The van der Waals surface area contributed by atoms with E-state index in [9.17, 15) is 4.79 Å². The Morgan fingerprint density at radius 3 is 2.71 bits per heavy atom. The van der Waals surface area contributed by atoms with Crippen LogP contribution in [0.4, 0.5) is 5.69 Å². The van der Waals surface area contributed by atoms with Crippen LogP contribution in [0.2, 0.25) is 0 Å². The highest BCUT2D eigenvalue weighted by molar-refractivity contribution is 5.75. The summed E-state index contributed by atoms with van der Waals surface area (Å²) >= 11 is 0. The molecule has 0 amide bonds. The highest BCUT2D eigenvalue weighted by atomic mass is 16.4. The summed E-state index contributed by atoms with van der Waals surface area (Å²) in [6, 6.07) is 9.13. The maximum Gasteiger partial charge on any atom is 0.311 e. The predicted octanol–water partition coefficient (Wildman–Crippen LogP) is 2.47. The number of nitriles is 1. The van der Waals surface area contributed by atoms with Crippen molar-refractivity contribution in [2.75, 3.05) is 11.9 Å². The molecule has 0 aliphatic heterocycles. The molecule has 90 valence electrons. The molecular formula is C13H16N2O2. The van der Waals surface area contributed by atoms with Gasteiger partial charge >= 0.3 is 5.97 Å². The zero-order chi connectivity index (χ0) is 12.9. The van der Waals surface area contributed by atoms with Crippen LogP contribution in [0.1, 0.15) is 25.8 Å². The summed E-state index contributed by atoms with van der Waals surface area (Å²) in [6.45, 7) is 3.83. The Balaban J connectivity index is 2.80. The van der Waals surface area contributed by atoms with Crippen LogP contribution in [0.3, 0.4) is 0 Å². The van der Waals surface area contributed by atoms with Crippen molar-refractivity contribution in [2.45, 2.75) is 20.3 Å². The Hall–Kier alpha value is -2.02. The molecule has 17 heavy (non-hydrogen) atoms. The molecule has 0 spiro atoms. The average molecular weight is 232 g/mol. The Kier molecular flexibility index (Phi) is 4.11. The molecule has 4 heteroatoms. The molecule has 0 heterocycles. The second-order valence-electron chi connectivity index (χ2n) is 4.23. The second kappa shape index (κ2) is 5.35. The summed E-state index contributed by atoms with van der Waals surface area (Å²) < 4.78 is 0. The van der Waals surface area contributed by atoms with E-state index in [1.807, 2.05) is 13.0 Å². The minimum absolute atomic E-state index is 0.303. The molecule has 1 aromatic rings. The Morgan fingerprint density at radius 2 is 2.18 bits per heavy atom. The molecule has 1 unspecified atom stereocenters. The third kappa shape index (κ3) is 2.97. The van der Waals surface area contributed by atoms with Gasteiger partial charge in [-0.1, -0.05) is 19.1 Å². The summed E-state index contributed by atoms with van der Waals surface area (Å²) in [7, 11) is 0. The van der Waals surface area contributed by atoms with Crippen molar-refractivity contribution in [1.29, 1.82) is 5.26 Å². The van der Waals surface area contributed by atoms with Crippen LogP contribution in [0.5, 0.6) is 0 Å². The van der Waals surface area contributed by atoms with Gasteiger partial charge in [0.05, 0.1) is 16.7 Å². The van der Waals surface area contributed by atoms with Crippen LogP contribution < -0.4 is 5.32 Å². The highest BCUT2D eigenvalue weighted by Crippen LogP contribution is 2.23. The molecule has 0 saturated carbocycles. The fraction of sp³-hybridized carbons (Fsp3) is 0.385. The van der Waals surface area contributed by atoms with Gasteiger partial charge in [0.15, 0.2) is 0 Å². The molecule has 0 fully saturated rings. The van der Waals surface area contributed by atoms with E-state index in [0.29, 0.717) is 24.2 Å². The summed E-state index contributed by atoms with van der Waals surface area (Å²) in [5, 5.41) is 21.1. The van der Waals surface area contributed by atoms with Crippen molar-refractivity contribution in [3.63, 3.8) is 0 Å². The van der Waals surface area contributed by atoms with Gasteiger partial charge in [-0.2, -0.15) is 5.26 Å². The number of carboxylic acids is 1. The van der Waals surface area contributed by atoms with E-state index in [0.717, 1.165) is 0 Å². The lowest BCUT2D eigenvalue weighted by atomic mass is 9.87. The lowest BCUT2D eigenvalue weighted by Gasteiger charge is -2.24. The van der Waals surface area contributed by atoms with Crippen LogP contribution in [0.15, 0.2) is 24.3 Å². The fourth-order valence-electron chi connectivity index (χ4n) is 1.38. The number of nitrogens with one attached hydrogen (secondary N) is 1. The van der Waals surface area contributed by atoms with E-state index >= 15 is 0 Å². The molecule has 2 N–H and O–H groups in total. The van der Waals surface area contributed by atoms with Crippen LogP contribution >= 0.6 is 0 Å². The van der Waals surface area contributed by atoms with Crippen molar-refractivity contribution in [3.8, 4) is 6.07 Å². The summed E-state index contributed by atoms with van der Waals surface area (Å²) in [5.74, 6) is -0.832. The third-order valence-electron chi connectivity index (χ3n) is 3.01. The van der Waals surface area contributed by atoms with Gasteiger partial charge in [-0.3, -0.25) is 4.79 Å². The number of hydrogen-bond donors (Lipinski definition) is 2. The van der Waals surface area contributed by atoms with E-state index < -0.39 is 11.4 Å². The molecule has 4 nitrogen and oxygen atoms in total. The van der Waals surface area contributed by atoms with Gasteiger partial charge in [-0.05, 0) is 25.5 Å². The molecule has 0 aromatic heterocycles. The van der Waals surface area contributed by atoms with Crippen LogP contribution in [0.25, 0.3) is 0 Å². The fourth-order valence-corrected chi connectivity index (χ4v) is 1.38. The van der Waals surface area contributed by atoms with E-state index in [-0.39, 0.29) is 0 Å². The third-order valence-corrected chi connectivity index (χ3v) is 3.01. The number of hydrogen-bond acceptors (Lipinski definition) is 3. The maximum absolute atomic E-state index is 11.1. The SMILES string of the molecule is CCC(C)(CNc1ccccc1C#N)C(=O)O. The number of rotatable bonds is 5. The zero-order valence-corrected chi connectivity index (χ0v) is 10.0. The Morgan fingerprint density at radius 1 is 1.53 bits per heavy atom. The van der Waals surface area contributed by atoms with Gasteiger partial charge in [0.1, 0.15) is 6.07 Å².